The first-order chi connectivity index (χ1) is 14.5. The van der Waals surface area contributed by atoms with E-state index in [4.69, 9.17) is 15.0 Å². The van der Waals surface area contributed by atoms with Gasteiger partial charge in [0.25, 0.3) is 5.91 Å². The van der Waals surface area contributed by atoms with Crippen LogP contribution in [0.25, 0.3) is 11.0 Å². The molecule has 0 spiro atoms. The number of carbonyl (C=O) groups excluding carboxylic acids is 1. The van der Waals surface area contributed by atoms with Crippen molar-refractivity contribution in [2.45, 2.75) is 25.1 Å². The molecule has 5 rings (SSSR count). The van der Waals surface area contributed by atoms with Crippen LogP contribution in [0.15, 0.2) is 36.4 Å². The van der Waals surface area contributed by atoms with Gasteiger partial charge in [-0.1, -0.05) is 12.0 Å². The van der Waals surface area contributed by atoms with Crippen LogP contribution in [0.3, 0.4) is 0 Å². The SMILES string of the molecule is CN1C(=O)c2cccc(OC(F)F)c2[C@H]2CC1c1nc3ccc(C#CC#N)cc3n12. The van der Waals surface area contributed by atoms with Crippen LogP contribution in [-0.2, 0) is 0 Å². The molecule has 1 unspecified atom stereocenters. The molecule has 2 aliphatic rings. The third-order valence-corrected chi connectivity index (χ3v) is 5.67. The van der Waals surface area contributed by atoms with Gasteiger partial charge in [-0.05, 0) is 30.3 Å². The van der Waals surface area contributed by atoms with E-state index >= 15 is 0 Å². The predicted octanol–water partition coefficient (Wildman–Crippen LogP) is 3.63. The van der Waals surface area contributed by atoms with Gasteiger partial charge in [0, 0.05) is 36.1 Å². The van der Waals surface area contributed by atoms with Crippen molar-refractivity contribution >= 4 is 16.9 Å². The van der Waals surface area contributed by atoms with Crippen molar-refractivity contribution in [2.75, 3.05) is 7.05 Å². The van der Waals surface area contributed by atoms with Gasteiger partial charge < -0.3 is 14.2 Å². The summed E-state index contributed by atoms with van der Waals surface area (Å²) in [6, 6.07) is 11.1. The zero-order valence-corrected chi connectivity index (χ0v) is 15.8. The van der Waals surface area contributed by atoms with Gasteiger partial charge in [-0.25, -0.2) is 4.98 Å². The highest BCUT2D eigenvalue weighted by atomic mass is 19.3. The van der Waals surface area contributed by atoms with E-state index in [2.05, 4.69) is 11.8 Å². The Morgan fingerprint density at radius 1 is 1.27 bits per heavy atom. The molecule has 2 bridgehead atoms. The number of amides is 1. The van der Waals surface area contributed by atoms with Crippen molar-refractivity contribution in [1.82, 2.24) is 14.5 Å². The molecule has 3 heterocycles. The Balaban J connectivity index is 1.79. The third kappa shape index (κ3) is 2.54. The molecule has 0 saturated heterocycles. The molecular weight excluding hydrogens is 390 g/mol. The lowest BCUT2D eigenvalue weighted by Crippen LogP contribution is -2.30. The number of imidazole rings is 1. The summed E-state index contributed by atoms with van der Waals surface area (Å²) < 4.78 is 32.9. The minimum absolute atomic E-state index is 0.00923. The maximum absolute atomic E-state index is 13.1. The minimum Gasteiger partial charge on any atom is -0.434 e. The second-order valence-electron chi connectivity index (χ2n) is 7.18. The van der Waals surface area contributed by atoms with Crippen LogP contribution in [0.1, 0.15) is 45.8 Å². The lowest BCUT2D eigenvalue weighted by molar-refractivity contribution is -0.0507. The normalized spacial score (nSPS) is 19.0. The zero-order chi connectivity index (χ0) is 21.0. The molecule has 30 heavy (non-hydrogen) atoms. The van der Waals surface area contributed by atoms with Gasteiger partial charge in [0.1, 0.15) is 11.6 Å². The van der Waals surface area contributed by atoms with Gasteiger partial charge in [-0.15, -0.1) is 0 Å². The highest BCUT2D eigenvalue weighted by Crippen LogP contribution is 2.49. The van der Waals surface area contributed by atoms with E-state index in [9.17, 15) is 13.6 Å². The number of carbonyl (C=O) groups is 1. The number of rotatable bonds is 2. The number of aromatic nitrogens is 2. The van der Waals surface area contributed by atoms with Crippen molar-refractivity contribution in [1.29, 1.82) is 5.26 Å². The van der Waals surface area contributed by atoms with Crippen LogP contribution in [0, 0.1) is 23.2 Å². The Morgan fingerprint density at radius 3 is 2.87 bits per heavy atom. The maximum Gasteiger partial charge on any atom is 0.387 e. The summed E-state index contributed by atoms with van der Waals surface area (Å²) in [7, 11) is 1.69. The largest absolute Gasteiger partial charge is 0.434 e. The molecule has 0 fully saturated rings. The molecule has 2 aromatic carbocycles. The van der Waals surface area contributed by atoms with E-state index in [1.807, 2.05) is 10.6 Å². The van der Waals surface area contributed by atoms with Crippen LogP contribution in [-0.4, -0.2) is 34.0 Å². The maximum atomic E-state index is 13.1. The van der Waals surface area contributed by atoms with Crippen molar-refractivity contribution < 1.29 is 18.3 Å². The first kappa shape index (κ1) is 18.1. The monoisotopic (exact) mass is 404 g/mol. The Morgan fingerprint density at radius 2 is 2.10 bits per heavy atom. The fourth-order valence-electron chi connectivity index (χ4n) is 4.46. The van der Waals surface area contributed by atoms with Crippen LogP contribution < -0.4 is 4.74 Å². The second kappa shape index (κ2) is 6.57. The highest BCUT2D eigenvalue weighted by Gasteiger charge is 2.44. The summed E-state index contributed by atoms with van der Waals surface area (Å²) in [5.41, 5.74) is 2.90. The number of benzene rings is 2. The Hall–Kier alpha value is -3.91. The molecule has 1 amide bonds. The number of hydrogen-bond donors (Lipinski definition) is 0. The number of nitrogens with zero attached hydrogens (tertiary/aromatic N) is 4. The lowest BCUT2D eigenvalue weighted by Gasteiger charge is -2.24. The number of hydrogen-bond acceptors (Lipinski definition) is 4. The Bertz CT molecular complexity index is 1310. The zero-order valence-electron chi connectivity index (χ0n) is 15.8. The molecular formula is C22H14F2N4O2. The van der Waals surface area contributed by atoms with Crippen molar-refractivity contribution in [3.63, 3.8) is 0 Å². The van der Waals surface area contributed by atoms with Crippen molar-refractivity contribution in [3.8, 4) is 23.7 Å². The summed E-state index contributed by atoms with van der Waals surface area (Å²) in [6.45, 7) is -3.00. The van der Waals surface area contributed by atoms with E-state index in [0.717, 1.165) is 5.52 Å². The van der Waals surface area contributed by atoms with Gasteiger partial charge in [-0.2, -0.15) is 14.0 Å². The average Bonchev–Trinajstić information content (AvgIpc) is 3.24. The first-order valence-electron chi connectivity index (χ1n) is 9.26. The number of nitriles is 1. The van der Waals surface area contributed by atoms with E-state index in [1.165, 1.54) is 6.07 Å². The molecule has 2 atom stereocenters. The van der Waals surface area contributed by atoms with E-state index < -0.39 is 12.7 Å². The fourth-order valence-corrected chi connectivity index (χ4v) is 4.46. The van der Waals surface area contributed by atoms with Crippen molar-refractivity contribution in [3.05, 3.63) is 58.9 Å². The third-order valence-electron chi connectivity index (χ3n) is 5.67. The van der Waals surface area contributed by atoms with Gasteiger partial charge >= 0.3 is 6.61 Å². The molecule has 0 aliphatic carbocycles. The number of halogens is 2. The minimum atomic E-state index is -3.00. The number of fused-ring (bicyclic) bond motifs is 9. The summed E-state index contributed by atoms with van der Waals surface area (Å²) in [4.78, 5) is 19.4. The van der Waals surface area contributed by atoms with Crippen LogP contribution in [0.4, 0.5) is 8.78 Å². The predicted molar refractivity (Wildman–Crippen MR) is 103 cm³/mol. The summed E-state index contributed by atoms with van der Waals surface area (Å²) >= 11 is 0. The molecule has 1 aromatic heterocycles. The quantitative estimate of drug-likeness (QED) is 0.612. The highest BCUT2D eigenvalue weighted by molar-refractivity contribution is 5.97. The van der Waals surface area contributed by atoms with Gasteiger partial charge in [0.15, 0.2) is 6.07 Å². The van der Waals surface area contributed by atoms with E-state index in [0.29, 0.717) is 34.5 Å². The van der Waals surface area contributed by atoms with E-state index in [-0.39, 0.29) is 17.7 Å². The molecule has 0 N–H and O–H groups in total. The van der Waals surface area contributed by atoms with Crippen LogP contribution in [0.2, 0.25) is 0 Å². The van der Waals surface area contributed by atoms with Crippen molar-refractivity contribution in [2.24, 2.45) is 0 Å². The lowest BCUT2D eigenvalue weighted by atomic mass is 9.97. The van der Waals surface area contributed by atoms with Gasteiger partial charge in [0.2, 0.25) is 0 Å². The summed E-state index contributed by atoms with van der Waals surface area (Å²) in [5, 5.41) is 8.72. The Labute approximate surface area is 170 Å². The Kier molecular flexibility index (Phi) is 3.97. The summed E-state index contributed by atoms with van der Waals surface area (Å²) in [6.07, 6.45) is 0.505. The molecule has 3 aromatic rings. The molecule has 6 nitrogen and oxygen atoms in total. The van der Waals surface area contributed by atoms with Gasteiger partial charge in [-0.3, -0.25) is 4.79 Å². The smallest absolute Gasteiger partial charge is 0.387 e. The molecule has 0 saturated carbocycles. The molecule has 0 radical (unpaired) electrons. The van der Waals surface area contributed by atoms with Gasteiger partial charge in [0.05, 0.1) is 23.1 Å². The number of ether oxygens (including phenoxy) is 1. The number of alkyl halides is 2. The average molecular weight is 404 g/mol. The topological polar surface area (TPSA) is 71.2 Å². The summed E-state index contributed by atoms with van der Waals surface area (Å²) in [5.74, 6) is 5.57. The van der Waals surface area contributed by atoms with E-state index in [1.54, 1.807) is 42.3 Å². The fraction of sp³-hybridized carbons (Fsp3) is 0.227. The first-order valence-corrected chi connectivity index (χ1v) is 9.26. The standard InChI is InChI=1S/C22H14F2N4O2/c1-27-17-11-16(19-13(21(27)29)5-2-6-18(19)30-22(23)24)28-15-10-12(4-3-9-25)7-8-14(15)26-20(17)28/h2,5-8,10,16-17,22H,11H2,1H3/t16-,17?/m1/s1. The molecule has 8 heteroatoms. The second-order valence-corrected chi connectivity index (χ2v) is 7.18. The molecule has 2 aliphatic heterocycles. The van der Waals surface area contributed by atoms with Crippen LogP contribution >= 0.6 is 0 Å². The van der Waals surface area contributed by atoms with Crippen LogP contribution in [0.5, 0.6) is 5.75 Å². The molecule has 148 valence electrons.